The molecular formula is C84H112N10O16. The lowest BCUT2D eigenvalue weighted by Crippen LogP contribution is -2.73. The van der Waals surface area contributed by atoms with Crippen LogP contribution in [0.25, 0.3) is 0 Å². The Balaban J connectivity index is 0.000000187. The maximum Gasteiger partial charge on any atom is 0.344 e. The summed E-state index contributed by atoms with van der Waals surface area (Å²) in [5.74, 6) is -7.02. The van der Waals surface area contributed by atoms with Crippen LogP contribution in [0.3, 0.4) is 0 Å². The van der Waals surface area contributed by atoms with Gasteiger partial charge in [0.15, 0.2) is 0 Å². The molecule has 0 bridgehead atoms. The van der Waals surface area contributed by atoms with Crippen molar-refractivity contribution in [2.75, 3.05) is 68.1 Å². The molecule has 2 spiro atoms. The topological polar surface area (TPSA) is 337 Å². The number of nitrogens with two attached hydrogens (primary N) is 1. The molecule has 0 saturated carbocycles. The molecule has 0 radical (unpaired) electrons. The number of ether oxygens (including phenoxy) is 2. The SMILES string of the molecule is CC1C(=O)N(C)C(CO)(C(=O)NCc2ccccc2)C1C.CC1C(=O)N(C)C2(CN(Cc3ccccc3)C2=O)C1C.CC1C(N)C(=O)N(C)C12CN(Cc1ccccc1)C2=O.CCOC(=O)C1(C(=O)NCc2ccccc2)C(C)C(C)C(=O)N1C.CCOC(=O)C1(C(=O)O)C(C)C(C)C(=O)N1C.CCc1ccccc1. The third-order valence-corrected chi connectivity index (χ3v) is 24.4. The zero-order valence-electron chi connectivity index (χ0n) is 66.6. The zero-order chi connectivity index (χ0) is 81.7. The van der Waals surface area contributed by atoms with Gasteiger partial charge in [0.05, 0.1) is 39.0 Å². The average molecular weight is 1520 g/mol. The normalized spacial score (nSPS) is 28.9. The van der Waals surface area contributed by atoms with Gasteiger partial charge in [0.25, 0.3) is 17.7 Å². The molecule has 7 saturated heterocycles. The van der Waals surface area contributed by atoms with Gasteiger partial charge in [-0.3, -0.25) is 43.2 Å². The van der Waals surface area contributed by atoms with Crippen LogP contribution in [0, 0.1) is 53.3 Å². The second-order valence-electron chi connectivity index (χ2n) is 29.8. The summed E-state index contributed by atoms with van der Waals surface area (Å²) in [6.45, 7) is 24.5. The van der Waals surface area contributed by atoms with E-state index in [4.69, 9.17) is 15.2 Å². The summed E-state index contributed by atoms with van der Waals surface area (Å²) in [5, 5.41) is 24.8. The lowest BCUT2D eigenvalue weighted by molar-refractivity contribution is -0.173. The Morgan fingerprint density at radius 1 is 0.418 bits per heavy atom. The Labute approximate surface area is 646 Å². The van der Waals surface area contributed by atoms with Crippen molar-refractivity contribution >= 4 is 71.1 Å². The fourth-order valence-corrected chi connectivity index (χ4v) is 16.3. The summed E-state index contributed by atoms with van der Waals surface area (Å²) in [4.78, 5) is 158. The molecule has 5 aromatic rings. The summed E-state index contributed by atoms with van der Waals surface area (Å²) in [7, 11) is 7.85. The number of likely N-dealkylation sites (N-methyl/N-ethyl adjacent to an activating group) is 5. The van der Waals surface area contributed by atoms with E-state index >= 15 is 0 Å². The van der Waals surface area contributed by atoms with Crippen molar-refractivity contribution in [3.63, 3.8) is 0 Å². The first-order chi connectivity index (χ1) is 52.0. The monoisotopic (exact) mass is 1520 g/mol. The number of rotatable bonds is 17. The number of nitrogens with zero attached hydrogens (tertiary/aromatic N) is 7. The Bertz CT molecular complexity index is 4010. The summed E-state index contributed by atoms with van der Waals surface area (Å²) in [5.41, 5.74) is 5.42. The van der Waals surface area contributed by atoms with E-state index in [0.29, 0.717) is 32.7 Å². The number of likely N-dealkylation sites (tertiary alicyclic amines) is 7. The number of carbonyl (C=O) groups excluding carboxylic acids is 11. The highest BCUT2D eigenvalue weighted by atomic mass is 16.5. The number of carbonyl (C=O) groups is 12. The van der Waals surface area contributed by atoms with Crippen molar-refractivity contribution in [1.82, 2.24) is 44.9 Å². The zero-order valence-corrected chi connectivity index (χ0v) is 66.6. The molecule has 6 N–H and O–H groups in total. The van der Waals surface area contributed by atoms with Crippen LogP contribution in [-0.4, -0.2) is 217 Å². The highest BCUT2D eigenvalue weighted by molar-refractivity contribution is 6.13. The largest absolute Gasteiger partial charge is 0.479 e. The highest BCUT2D eigenvalue weighted by Gasteiger charge is 2.69. The maximum atomic E-state index is 13.0. The highest BCUT2D eigenvalue weighted by Crippen LogP contribution is 2.47. The van der Waals surface area contributed by atoms with E-state index in [1.807, 2.05) is 160 Å². The van der Waals surface area contributed by atoms with Crippen LogP contribution in [0.5, 0.6) is 0 Å². The minimum atomic E-state index is -1.90. The van der Waals surface area contributed by atoms with Crippen LogP contribution in [-0.2, 0) is 99.6 Å². The minimum absolute atomic E-state index is 0.0117. The van der Waals surface area contributed by atoms with Gasteiger partial charge in [-0.2, -0.15) is 0 Å². The third kappa shape index (κ3) is 16.0. The molecule has 26 heteroatoms. The fraction of sp³-hybridized carbons (Fsp3) is 0.500. The van der Waals surface area contributed by atoms with Gasteiger partial charge in [-0.05, 0) is 48.1 Å². The second kappa shape index (κ2) is 36.5. The van der Waals surface area contributed by atoms with Gasteiger partial charge in [0, 0.05) is 115 Å². The average Bonchev–Trinajstić information content (AvgIpc) is 1.48. The summed E-state index contributed by atoms with van der Waals surface area (Å²) >= 11 is 0. The van der Waals surface area contributed by atoms with Crippen LogP contribution >= 0.6 is 0 Å². The van der Waals surface area contributed by atoms with Gasteiger partial charge in [-0.25, -0.2) is 14.4 Å². The molecule has 26 nitrogen and oxygen atoms in total. The number of amides is 9. The molecule has 7 heterocycles. The molecule has 7 fully saturated rings. The van der Waals surface area contributed by atoms with E-state index in [2.05, 4.69) is 41.8 Å². The maximum absolute atomic E-state index is 13.0. The quantitative estimate of drug-likeness (QED) is 0.0392. The number of aliphatic hydroxyl groups is 1. The smallest absolute Gasteiger partial charge is 0.344 e. The Hall–Kier alpha value is -10.3. The van der Waals surface area contributed by atoms with E-state index in [0.717, 1.165) is 33.6 Å². The standard InChI is InChI=1S/C18H24N2O4.C16H22N2O3.C16H20N2O2.C15H19N3O2.C11H17NO5.C8H10/c1-5-24-17(23)18(13(3)12(2)15(21)20(18)4)16(22)19-11-14-9-7-6-8-10-14;1-11-12(2)16(10-19,18(3)14(11)20)15(21)17-9-13-7-5-4-6-8-13;1-11-12(2)16(17(3)14(11)19)10-18(15(16)20)9-13-7-5-4-6-8-13;1-10-12(16)13(19)17(2)15(10)9-18(14(15)20)8-11-6-4-3-5-7-11;1-5-17-10(16)11(9(14)15)7(3)6(2)8(13)12(11)4;1-2-8-6-4-3-5-7-8/h6-10,12-13H,5,11H2,1-4H3,(H,19,22);4-8,11-12,19H,9-10H2,1-3H3,(H,17,21);4-8,11-12H,9-10H2,1-3H3;3-7,10,12H,8-9,16H2,1-2H3;6-7H,5H2,1-4H3,(H,14,15);3-7H,2H2,1H3. The molecule has 7 aliphatic heterocycles. The molecule has 7 aliphatic rings. The molecule has 0 aliphatic carbocycles. The van der Waals surface area contributed by atoms with Crippen LogP contribution < -0.4 is 16.4 Å². The first-order valence-electron chi connectivity index (χ1n) is 37.7. The number of β-lactam (4-membered cyclic amide) rings is 2. The molecule has 15 unspecified atom stereocenters. The molecule has 9 amide bonds. The lowest BCUT2D eigenvalue weighted by atomic mass is 9.75. The number of nitrogens with one attached hydrogen (secondary N) is 2. The molecule has 110 heavy (non-hydrogen) atoms. The number of hydrogen-bond donors (Lipinski definition) is 5. The summed E-state index contributed by atoms with van der Waals surface area (Å²) in [6, 6.07) is 48.7. The van der Waals surface area contributed by atoms with E-state index in [-0.39, 0.29) is 103 Å². The van der Waals surface area contributed by atoms with Crippen molar-refractivity contribution in [3.05, 3.63) is 179 Å². The van der Waals surface area contributed by atoms with Gasteiger partial charge in [0.2, 0.25) is 46.5 Å². The first kappa shape index (κ1) is 86.9. The van der Waals surface area contributed by atoms with Crippen LogP contribution in [0.15, 0.2) is 152 Å². The number of carboxylic acid groups (broad SMARTS) is 1. The second-order valence-corrected chi connectivity index (χ2v) is 29.8. The van der Waals surface area contributed by atoms with Crippen LogP contribution in [0.2, 0.25) is 0 Å². The summed E-state index contributed by atoms with van der Waals surface area (Å²) < 4.78 is 9.96. The van der Waals surface area contributed by atoms with Crippen molar-refractivity contribution in [3.8, 4) is 0 Å². The van der Waals surface area contributed by atoms with Gasteiger partial charge < -0.3 is 70.4 Å². The third-order valence-electron chi connectivity index (χ3n) is 24.4. The van der Waals surface area contributed by atoms with Crippen molar-refractivity contribution in [2.24, 2.45) is 59.0 Å². The minimum Gasteiger partial charge on any atom is -0.479 e. The number of aryl methyl sites for hydroxylation is 1. The number of hydrogen-bond acceptors (Lipinski definition) is 16. The van der Waals surface area contributed by atoms with E-state index < -0.39 is 81.2 Å². The Morgan fingerprint density at radius 2 is 0.736 bits per heavy atom. The van der Waals surface area contributed by atoms with Gasteiger partial charge in [-0.1, -0.05) is 221 Å². The van der Waals surface area contributed by atoms with Gasteiger partial charge in [-0.15, -0.1) is 0 Å². The number of aliphatic hydroxyl groups excluding tert-OH is 1. The number of benzene rings is 5. The molecule has 5 aromatic carbocycles. The fourth-order valence-electron chi connectivity index (χ4n) is 16.3. The van der Waals surface area contributed by atoms with Crippen LogP contribution in [0.1, 0.15) is 111 Å². The van der Waals surface area contributed by atoms with E-state index in [1.165, 1.54) is 29.5 Å². The van der Waals surface area contributed by atoms with Crippen molar-refractivity contribution in [1.29, 1.82) is 0 Å². The predicted molar refractivity (Wildman–Crippen MR) is 412 cm³/mol. The van der Waals surface area contributed by atoms with E-state index in [1.54, 1.807) is 84.3 Å². The van der Waals surface area contributed by atoms with Crippen molar-refractivity contribution < 1.29 is 77.2 Å². The Kier molecular flexibility index (Phi) is 28.8. The molecule has 15 atom stereocenters. The molecule has 0 aromatic heterocycles. The Morgan fingerprint density at radius 3 is 1.03 bits per heavy atom. The number of carboxylic acids is 1. The lowest BCUT2D eigenvalue weighted by Gasteiger charge is -2.52. The first-order valence-corrected chi connectivity index (χ1v) is 37.7. The molecule has 594 valence electrons. The predicted octanol–water partition coefficient (Wildman–Crippen LogP) is 6.21. The summed E-state index contributed by atoms with van der Waals surface area (Å²) in [6.07, 6.45) is 1.14. The van der Waals surface area contributed by atoms with E-state index in [9.17, 15) is 67.7 Å². The molecule has 12 rings (SSSR count). The number of esters is 2. The van der Waals surface area contributed by atoms with Gasteiger partial charge >= 0.3 is 17.9 Å². The molecular weight excluding hydrogens is 1400 g/mol. The van der Waals surface area contributed by atoms with Crippen molar-refractivity contribution in [2.45, 2.75) is 149 Å². The number of aliphatic carboxylic acids is 1. The van der Waals surface area contributed by atoms with Gasteiger partial charge in [0.1, 0.15) is 16.6 Å². The van der Waals surface area contributed by atoms with Crippen LogP contribution in [0.4, 0.5) is 0 Å².